The lowest BCUT2D eigenvalue weighted by Crippen LogP contribution is -2.14. The van der Waals surface area contributed by atoms with Crippen LogP contribution in [0, 0.1) is 0 Å². The molecule has 68 valence electrons. The van der Waals surface area contributed by atoms with Crippen LogP contribution < -0.4 is 5.73 Å². The van der Waals surface area contributed by atoms with Crippen LogP contribution in [0.1, 0.15) is 16.7 Å². The van der Waals surface area contributed by atoms with Gasteiger partial charge in [-0.3, -0.25) is 0 Å². The van der Waals surface area contributed by atoms with Crippen molar-refractivity contribution in [3.63, 3.8) is 0 Å². The highest BCUT2D eigenvalue weighted by atomic mass is 32.1. The second-order valence-electron chi connectivity index (χ2n) is 2.39. The number of hydrogen-bond acceptors (Lipinski definition) is 5. The molecule has 4 nitrogen and oxygen atoms in total. The lowest BCUT2D eigenvalue weighted by atomic mass is 10.3. The molecule has 0 aliphatic rings. The van der Waals surface area contributed by atoms with Gasteiger partial charge in [-0.15, -0.1) is 11.3 Å². The molecule has 3 N–H and O–H groups in total. The number of thiazole rings is 1. The minimum Gasteiger partial charge on any atom is -0.394 e. The van der Waals surface area contributed by atoms with E-state index in [1.165, 1.54) is 11.3 Å². The van der Waals surface area contributed by atoms with Crippen molar-refractivity contribution in [1.82, 2.24) is 4.98 Å². The SMILES string of the molecule is COCc1nc(C(N)CO)cs1. The third kappa shape index (κ3) is 2.25. The van der Waals surface area contributed by atoms with Crippen molar-refractivity contribution in [3.05, 3.63) is 16.1 Å². The molecule has 0 spiro atoms. The van der Waals surface area contributed by atoms with Crippen LogP contribution in [0.4, 0.5) is 0 Å². The second-order valence-corrected chi connectivity index (χ2v) is 3.33. The molecule has 1 aromatic rings. The van der Waals surface area contributed by atoms with Crippen molar-refractivity contribution in [2.24, 2.45) is 5.73 Å². The molecular formula is C7H12N2O2S. The average Bonchev–Trinajstić information content (AvgIpc) is 2.52. The van der Waals surface area contributed by atoms with Crippen LogP contribution in [0.5, 0.6) is 0 Å². The highest BCUT2D eigenvalue weighted by Gasteiger charge is 2.08. The number of hydrogen-bond donors (Lipinski definition) is 2. The summed E-state index contributed by atoms with van der Waals surface area (Å²) in [6.07, 6.45) is 0. The zero-order valence-corrected chi connectivity index (χ0v) is 7.67. The summed E-state index contributed by atoms with van der Waals surface area (Å²) in [5.41, 5.74) is 6.29. The number of nitrogens with zero attached hydrogens (tertiary/aromatic N) is 1. The highest BCUT2D eigenvalue weighted by molar-refractivity contribution is 7.09. The summed E-state index contributed by atoms with van der Waals surface area (Å²) in [6.45, 7) is 0.430. The number of rotatable bonds is 4. The summed E-state index contributed by atoms with van der Waals surface area (Å²) in [5.74, 6) is 0. The maximum atomic E-state index is 8.74. The molecule has 0 saturated carbocycles. The van der Waals surface area contributed by atoms with E-state index in [2.05, 4.69) is 4.98 Å². The molecule has 12 heavy (non-hydrogen) atoms. The molecule has 0 saturated heterocycles. The van der Waals surface area contributed by atoms with Gasteiger partial charge in [-0.2, -0.15) is 0 Å². The van der Waals surface area contributed by atoms with E-state index < -0.39 is 0 Å². The fourth-order valence-electron chi connectivity index (χ4n) is 0.779. The summed E-state index contributed by atoms with van der Waals surface area (Å²) in [5, 5.41) is 11.5. The van der Waals surface area contributed by atoms with Crippen LogP contribution in [0.3, 0.4) is 0 Å². The van der Waals surface area contributed by atoms with Crippen LogP contribution in [0.25, 0.3) is 0 Å². The third-order valence-corrected chi connectivity index (χ3v) is 2.25. The average molecular weight is 188 g/mol. The molecule has 1 atom stereocenters. The molecule has 0 amide bonds. The number of aromatic nitrogens is 1. The first-order valence-corrected chi connectivity index (χ1v) is 4.45. The van der Waals surface area contributed by atoms with Gasteiger partial charge in [0.25, 0.3) is 0 Å². The van der Waals surface area contributed by atoms with E-state index in [1.54, 1.807) is 7.11 Å². The first-order valence-electron chi connectivity index (χ1n) is 3.57. The lowest BCUT2D eigenvalue weighted by molar-refractivity contribution is 0.184. The minimum absolute atomic E-state index is 0.0733. The highest BCUT2D eigenvalue weighted by Crippen LogP contribution is 2.15. The van der Waals surface area contributed by atoms with E-state index in [4.69, 9.17) is 15.6 Å². The Morgan fingerprint density at radius 3 is 3.17 bits per heavy atom. The minimum atomic E-state index is -0.369. The molecule has 0 aliphatic carbocycles. The van der Waals surface area contributed by atoms with E-state index in [-0.39, 0.29) is 12.6 Å². The van der Waals surface area contributed by atoms with Gasteiger partial charge in [0, 0.05) is 12.5 Å². The summed E-state index contributed by atoms with van der Waals surface area (Å²) in [6, 6.07) is -0.369. The van der Waals surface area contributed by atoms with Crippen LogP contribution in [-0.2, 0) is 11.3 Å². The van der Waals surface area contributed by atoms with Crippen LogP contribution in [0.15, 0.2) is 5.38 Å². The zero-order chi connectivity index (χ0) is 8.97. The molecule has 1 heterocycles. The molecule has 1 rings (SSSR count). The Morgan fingerprint density at radius 2 is 2.58 bits per heavy atom. The number of aliphatic hydroxyl groups is 1. The van der Waals surface area contributed by atoms with E-state index in [0.29, 0.717) is 6.61 Å². The van der Waals surface area contributed by atoms with Crippen molar-refractivity contribution < 1.29 is 9.84 Å². The molecule has 1 aromatic heterocycles. The van der Waals surface area contributed by atoms with Gasteiger partial charge < -0.3 is 15.6 Å². The predicted octanol–water partition coefficient (Wildman–Crippen LogP) is 0.282. The Bertz CT molecular complexity index is 239. The van der Waals surface area contributed by atoms with E-state index >= 15 is 0 Å². The van der Waals surface area contributed by atoms with E-state index in [9.17, 15) is 0 Å². The Kier molecular flexibility index (Phi) is 3.61. The number of methoxy groups -OCH3 is 1. The second kappa shape index (κ2) is 4.51. The van der Waals surface area contributed by atoms with Gasteiger partial charge in [0.1, 0.15) is 5.01 Å². The van der Waals surface area contributed by atoms with E-state index in [1.807, 2.05) is 5.38 Å². The fraction of sp³-hybridized carbons (Fsp3) is 0.571. The van der Waals surface area contributed by atoms with E-state index in [0.717, 1.165) is 10.7 Å². The van der Waals surface area contributed by atoms with Gasteiger partial charge in [-0.25, -0.2) is 4.98 Å². The monoisotopic (exact) mass is 188 g/mol. The molecule has 0 aromatic carbocycles. The molecular weight excluding hydrogens is 176 g/mol. The zero-order valence-electron chi connectivity index (χ0n) is 6.86. The molecule has 5 heteroatoms. The first kappa shape index (κ1) is 9.60. The van der Waals surface area contributed by atoms with Crippen molar-refractivity contribution in [2.75, 3.05) is 13.7 Å². The van der Waals surface area contributed by atoms with Crippen LogP contribution >= 0.6 is 11.3 Å². The summed E-state index contributed by atoms with van der Waals surface area (Å²) in [4.78, 5) is 4.18. The van der Waals surface area contributed by atoms with Gasteiger partial charge in [-0.1, -0.05) is 0 Å². The van der Waals surface area contributed by atoms with Crippen LogP contribution in [-0.4, -0.2) is 23.8 Å². The topological polar surface area (TPSA) is 68.4 Å². The van der Waals surface area contributed by atoms with Gasteiger partial charge in [0.15, 0.2) is 0 Å². The number of nitrogens with two attached hydrogens (primary N) is 1. The normalized spacial score (nSPS) is 13.2. The maximum absolute atomic E-state index is 8.74. The first-order chi connectivity index (χ1) is 5.77. The van der Waals surface area contributed by atoms with Gasteiger partial charge in [-0.05, 0) is 0 Å². The van der Waals surface area contributed by atoms with Crippen molar-refractivity contribution in [3.8, 4) is 0 Å². The summed E-state index contributed by atoms with van der Waals surface area (Å²) >= 11 is 1.49. The number of aliphatic hydroxyl groups excluding tert-OH is 1. The smallest absolute Gasteiger partial charge is 0.119 e. The molecule has 0 aliphatic heterocycles. The molecule has 0 radical (unpaired) electrons. The van der Waals surface area contributed by atoms with Crippen molar-refractivity contribution >= 4 is 11.3 Å². The Labute approximate surface area is 75.0 Å². The van der Waals surface area contributed by atoms with Gasteiger partial charge in [0.05, 0.1) is 24.9 Å². The molecule has 1 unspecified atom stereocenters. The molecule has 0 fully saturated rings. The number of ether oxygens (including phenoxy) is 1. The largest absolute Gasteiger partial charge is 0.394 e. The third-order valence-electron chi connectivity index (χ3n) is 1.41. The lowest BCUT2D eigenvalue weighted by Gasteiger charge is -2.01. The maximum Gasteiger partial charge on any atom is 0.119 e. The van der Waals surface area contributed by atoms with Crippen LogP contribution in [0.2, 0.25) is 0 Å². The van der Waals surface area contributed by atoms with Gasteiger partial charge >= 0.3 is 0 Å². The predicted molar refractivity (Wildman–Crippen MR) is 46.8 cm³/mol. The fourth-order valence-corrected chi connectivity index (χ4v) is 1.61. The molecule has 0 bridgehead atoms. The van der Waals surface area contributed by atoms with Crippen molar-refractivity contribution in [1.29, 1.82) is 0 Å². The Morgan fingerprint density at radius 1 is 1.83 bits per heavy atom. The quantitative estimate of drug-likeness (QED) is 0.712. The Balaban J connectivity index is 2.63. The standard InChI is InChI=1S/C7H12N2O2S/c1-11-3-7-9-6(4-12-7)5(8)2-10/h4-5,10H,2-3,8H2,1H3. The summed E-state index contributed by atoms with van der Waals surface area (Å²) < 4.78 is 4.90. The van der Waals surface area contributed by atoms with Gasteiger partial charge in [0.2, 0.25) is 0 Å². The summed E-state index contributed by atoms with van der Waals surface area (Å²) in [7, 11) is 1.62. The van der Waals surface area contributed by atoms with Crippen molar-refractivity contribution in [2.45, 2.75) is 12.6 Å². The Hall–Kier alpha value is -0.490.